The van der Waals surface area contributed by atoms with E-state index < -0.39 is 0 Å². The molecule has 0 radical (unpaired) electrons. The van der Waals surface area contributed by atoms with E-state index in [2.05, 4.69) is 48.5 Å². The first-order chi connectivity index (χ1) is 12.3. The monoisotopic (exact) mass is 327 g/mol. The highest BCUT2D eigenvalue weighted by molar-refractivity contribution is 5.99. The van der Waals surface area contributed by atoms with Gasteiger partial charge in [-0.25, -0.2) is 0 Å². The van der Waals surface area contributed by atoms with Gasteiger partial charge >= 0.3 is 0 Å². The molecule has 3 aromatic rings. The van der Waals surface area contributed by atoms with Crippen molar-refractivity contribution in [2.75, 3.05) is 11.9 Å². The number of hydrogen-bond acceptors (Lipinski definition) is 1. The summed E-state index contributed by atoms with van der Waals surface area (Å²) in [5, 5.41) is 0. The topological polar surface area (TPSA) is 20.3 Å². The first-order valence-electron chi connectivity index (χ1n) is 8.71. The van der Waals surface area contributed by atoms with Crippen LogP contribution in [0.25, 0.3) is 0 Å². The van der Waals surface area contributed by atoms with E-state index in [9.17, 15) is 4.79 Å². The van der Waals surface area contributed by atoms with Gasteiger partial charge in [-0.3, -0.25) is 4.79 Å². The van der Waals surface area contributed by atoms with E-state index >= 15 is 0 Å². The van der Waals surface area contributed by atoms with E-state index in [1.54, 1.807) is 0 Å². The molecule has 1 aliphatic heterocycles. The molecule has 0 spiro atoms. The maximum absolute atomic E-state index is 13.2. The molecule has 124 valence electrons. The third-order valence-corrected chi connectivity index (χ3v) is 5.14. The zero-order valence-electron chi connectivity index (χ0n) is 14.3. The average Bonchev–Trinajstić information content (AvgIpc) is 2.68. The Morgan fingerprint density at radius 3 is 2.12 bits per heavy atom. The Labute approximate surface area is 148 Å². The fourth-order valence-electron chi connectivity index (χ4n) is 3.93. The minimum atomic E-state index is -0.0929. The molecule has 1 aliphatic rings. The van der Waals surface area contributed by atoms with E-state index in [1.807, 2.05) is 48.3 Å². The quantitative estimate of drug-likeness (QED) is 0.685. The molecule has 2 nitrogen and oxygen atoms in total. The van der Waals surface area contributed by atoms with Crippen LogP contribution in [-0.2, 0) is 11.2 Å². The van der Waals surface area contributed by atoms with E-state index in [0.29, 0.717) is 0 Å². The highest BCUT2D eigenvalue weighted by Gasteiger charge is 2.39. The molecule has 0 saturated heterocycles. The van der Waals surface area contributed by atoms with Gasteiger partial charge in [-0.1, -0.05) is 78.9 Å². The molecule has 4 rings (SSSR count). The van der Waals surface area contributed by atoms with Crippen LogP contribution in [-0.4, -0.2) is 13.0 Å². The number of fused-ring (bicyclic) bond motifs is 1. The number of carbonyl (C=O) groups excluding carboxylic acids is 1. The molecule has 2 heteroatoms. The van der Waals surface area contributed by atoms with Gasteiger partial charge < -0.3 is 4.90 Å². The maximum Gasteiger partial charge on any atom is 0.231 e. The molecule has 2 unspecified atom stereocenters. The molecular weight excluding hydrogens is 306 g/mol. The number of hydrogen-bond donors (Lipinski definition) is 0. The van der Waals surface area contributed by atoms with Crippen LogP contribution < -0.4 is 4.90 Å². The summed E-state index contributed by atoms with van der Waals surface area (Å²) < 4.78 is 0. The Morgan fingerprint density at radius 2 is 1.40 bits per heavy atom. The number of carbonyl (C=O) groups is 1. The number of amides is 1. The van der Waals surface area contributed by atoms with Crippen LogP contribution in [0.2, 0.25) is 0 Å². The Hall–Kier alpha value is -2.87. The van der Waals surface area contributed by atoms with Gasteiger partial charge in [0, 0.05) is 18.7 Å². The van der Waals surface area contributed by atoms with E-state index in [4.69, 9.17) is 0 Å². The van der Waals surface area contributed by atoms with Crippen molar-refractivity contribution in [3.05, 3.63) is 102 Å². The molecule has 0 N–H and O–H groups in total. The van der Waals surface area contributed by atoms with Crippen molar-refractivity contribution < 1.29 is 4.79 Å². The average molecular weight is 327 g/mol. The summed E-state index contributed by atoms with van der Waals surface area (Å²) in [5.41, 5.74) is 4.66. The first kappa shape index (κ1) is 15.6. The highest BCUT2D eigenvalue weighted by Crippen LogP contribution is 2.43. The lowest BCUT2D eigenvalue weighted by Crippen LogP contribution is -2.42. The van der Waals surface area contributed by atoms with Crippen LogP contribution in [0, 0.1) is 5.92 Å². The predicted molar refractivity (Wildman–Crippen MR) is 102 cm³/mol. The summed E-state index contributed by atoms with van der Waals surface area (Å²) in [7, 11) is 1.89. The normalized spacial score (nSPS) is 19.6. The van der Waals surface area contributed by atoms with Crippen molar-refractivity contribution in [3.63, 3.8) is 0 Å². The number of anilines is 1. The smallest absolute Gasteiger partial charge is 0.231 e. The van der Waals surface area contributed by atoms with Crippen molar-refractivity contribution in [1.29, 1.82) is 0 Å². The lowest BCUT2D eigenvalue weighted by molar-refractivity contribution is -0.123. The number of benzene rings is 3. The second kappa shape index (κ2) is 6.56. The van der Waals surface area contributed by atoms with Gasteiger partial charge in [0.2, 0.25) is 5.91 Å². The van der Waals surface area contributed by atoms with Gasteiger partial charge in [-0.05, 0) is 29.2 Å². The third kappa shape index (κ3) is 2.85. The van der Waals surface area contributed by atoms with Crippen LogP contribution >= 0.6 is 0 Å². The largest absolute Gasteiger partial charge is 0.315 e. The lowest BCUT2D eigenvalue weighted by Gasteiger charge is -2.38. The molecule has 1 amide bonds. The Bertz CT molecular complexity index is 873. The zero-order valence-corrected chi connectivity index (χ0v) is 14.3. The van der Waals surface area contributed by atoms with E-state index in [1.165, 1.54) is 16.7 Å². The number of nitrogens with zero attached hydrogens (tertiary/aromatic N) is 1. The van der Waals surface area contributed by atoms with Crippen LogP contribution in [0.4, 0.5) is 5.69 Å². The highest BCUT2D eigenvalue weighted by atomic mass is 16.2. The van der Waals surface area contributed by atoms with Crippen molar-refractivity contribution in [3.8, 4) is 0 Å². The Balaban J connectivity index is 1.84. The van der Waals surface area contributed by atoms with Gasteiger partial charge in [0.25, 0.3) is 0 Å². The molecule has 25 heavy (non-hydrogen) atoms. The first-order valence-corrected chi connectivity index (χ1v) is 8.71. The minimum Gasteiger partial charge on any atom is -0.315 e. The van der Waals surface area contributed by atoms with Gasteiger partial charge in [0.15, 0.2) is 0 Å². The molecule has 3 aromatic carbocycles. The Morgan fingerprint density at radius 1 is 0.800 bits per heavy atom. The molecular formula is C23H21NO. The van der Waals surface area contributed by atoms with Crippen LogP contribution in [0.3, 0.4) is 0 Å². The fourth-order valence-corrected chi connectivity index (χ4v) is 3.93. The zero-order chi connectivity index (χ0) is 17.2. The predicted octanol–water partition coefficient (Wildman–Crippen LogP) is 4.65. The molecule has 0 aromatic heterocycles. The molecule has 0 aliphatic carbocycles. The Kier molecular flexibility index (Phi) is 4.10. The van der Waals surface area contributed by atoms with Gasteiger partial charge in [0.05, 0.1) is 5.92 Å². The van der Waals surface area contributed by atoms with E-state index in [0.717, 1.165) is 12.1 Å². The second-order valence-corrected chi connectivity index (χ2v) is 6.64. The van der Waals surface area contributed by atoms with Crippen molar-refractivity contribution in [1.82, 2.24) is 0 Å². The minimum absolute atomic E-state index is 0.0845. The molecule has 0 bridgehead atoms. The van der Waals surface area contributed by atoms with Crippen LogP contribution in [0.15, 0.2) is 84.9 Å². The summed E-state index contributed by atoms with van der Waals surface area (Å²) >= 11 is 0. The molecule has 2 atom stereocenters. The number of rotatable bonds is 3. The summed E-state index contributed by atoms with van der Waals surface area (Å²) in [6.07, 6.45) is 0.748. The van der Waals surface area contributed by atoms with Gasteiger partial charge in [-0.2, -0.15) is 0 Å². The lowest BCUT2D eigenvalue weighted by atomic mass is 9.74. The molecule has 1 heterocycles. The van der Waals surface area contributed by atoms with E-state index in [-0.39, 0.29) is 17.7 Å². The summed E-state index contributed by atoms with van der Waals surface area (Å²) in [6.45, 7) is 0. The van der Waals surface area contributed by atoms with Crippen molar-refractivity contribution in [2.24, 2.45) is 5.92 Å². The summed E-state index contributed by atoms with van der Waals surface area (Å²) in [5.74, 6) is 0.183. The standard InChI is InChI=1S/C23H21NO/c1-24-21-15-9-8-14-19(21)22(18-12-6-3-7-13-18)20(23(24)25)16-17-10-4-2-5-11-17/h2-15,20,22H,16H2,1H3. The van der Waals surface area contributed by atoms with Gasteiger partial charge in [0.1, 0.15) is 0 Å². The molecule has 0 saturated carbocycles. The SMILES string of the molecule is CN1C(=O)C(Cc2ccccc2)C(c2ccccc2)c2ccccc21. The van der Waals surface area contributed by atoms with Crippen LogP contribution in [0.5, 0.6) is 0 Å². The van der Waals surface area contributed by atoms with Crippen LogP contribution in [0.1, 0.15) is 22.6 Å². The van der Waals surface area contributed by atoms with Gasteiger partial charge in [-0.15, -0.1) is 0 Å². The summed E-state index contributed by atoms with van der Waals surface area (Å²) in [4.78, 5) is 15.0. The van der Waals surface area contributed by atoms with Crippen molar-refractivity contribution >= 4 is 11.6 Å². The second-order valence-electron chi connectivity index (χ2n) is 6.64. The van der Waals surface area contributed by atoms with Crippen molar-refractivity contribution in [2.45, 2.75) is 12.3 Å². The third-order valence-electron chi connectivity index (χ3n) is 5.14. The fraction of sp³-hybridized carbons (Fsp3) is 0.174. The number of para-hydroxylation sites is 1. The maximum atomic E-state index is 13.2. The summed E-state index contributed by atoms with van der Waals surface area (Å²) in [6, 6.07) is 29.0. The molecule has 0 fully saturated rings.